The molecule has 3 aromatic rings. The molecule has 162 valence electrons. The van der Waals surface area contributed by atoms with E-state index in [4.69, 9.17) is 5.10 Å². The number of aromatic amines is 1. The van der Waals surface area contributed by atoms with Crippen molar-refractivity contribution in [3.05, 3.63) is 65.5 Å². The molecule has 7 nitrogen and oxygen atoms in total. The molecule has 1 aromatic carbocycles. The highest BCUT2D eigenvalue weighted by molar-refractivity contribution is 5.94. The number of imidazole rings is 1. The SMILES string of the molecule is O=C(c1nn(-c2ccccc2)c2c1CC(NCCc1ncc[nH]1)CC2)N1CCCCC1. The molecule has 1 amide bonds. The first-order chi connectivity index (χ1) is 15.3. The Labute approximate surface area is 182 Å². The van der Waals surface area contributed by atoms with Gasteiger partial charge in [-0.05, 0) is 50.7 Å². The highest BCUT2D eigenvalue weighted by Crippen LogP contribution is 2.28. The van der Waals surface area contributed by atoms with E-state index in [1.165, 1.54) is 12.1 Å². The van der Waals surface area contributed by atoms with Crippen molar-refractivity contribution in [1.29, 1.82) is 0 Å². The Balaban J connectivity index is 1.39. The van der Waals surface area contributed by atoms with E-state index in [0.29, 0.717) is 11.7 Å². The lowest BCUT2D eigenvalue weighted by atomic mass is 9.90. The fraction of sp³-hybridized carbons (Fsp3) is 0.458. The first-order valence-corrected chi connectivity index (χ1v) is 11.5. The van der Waals surface area contributed by atoms with Crippen molar-refractivity contribution in [2.75, 3.05) is 19.6 Å². The Morgan fingerprint density at radius 2 is 2.00 bits per heavy atom. The van der Waals surface area contributed by atoms with Crippen LogP contribution in [0.25, 0.3) is 5.69 Å². The number of rotatable bonds is 6. The Kier molecular flexibility index (Phi) is 5.84. The lowest BCUT2D eigenvalue weighted by Crippen LogP contribution is -2.38. The van der Waals surface area contributed by atoms with Gasteiger partial charge in [-0.15, -0.1) is 0 Å². The maximum Gasteiger partial charge on any atom is 0.274 e. The predicted molar refractivity (Wildman–Crippen MR) is 119 cm³/mol. The number of likely N-dealkylation sites (tertiary alicyclic amines) is 1. The third-order valence-corrected chi connectivity index (χ3v) is 6.47. The fourth-order valence-corrected chi connectivity index (χ4v) is 4.82. The number of amides is 1. The van der Waals surface area contributed by atoms with Crippen molar-refractivity contribution in [3.8, 4) is 5.69 Å². The molecule has 2 aromatic heterocycles. The molecule has 0 saturated carbocycles. The molecule has 1 saturated heterocycles. The van der Waals surface area contributed by atoms with E-state index in [-0.39, 0.29) is 5.91 Å². The first kappa shape index (κ1) is 20.0. The van der Waals surface area contributed by atoms with E-state index in [0.717, 1.165) is 75.2 Å². The molecular weight excluding hydrogens is 388 g/mol. The minimum atomic E-state index is 0.0990. The molecule has 1 fully saturated rings. The molecule has 7 heteroatoms. The lowest BCUT2D eigenvalue weighted by Gasteiger charge is -2.27. The topological polar surface area (TPSA) is 78.8 Å². The minimum Gasteiger partial charge on any atom is -0.349 e. The van der Waals surface area contributed by atoms with Gasteiger partial charge in [0, 0.05) is 55.7 Å². The summed E-state index contributed by atoms with van der Waals surface area (Å²) in [7, 11) is 0. The number of para-hydroxylation sites is 1. The highest BCUT2D eigenvalue weighted by Gasteiger charge is 2.31. The monoisotopic (exact) mass is 418 g/mol. The van der Waals surface area contributed by atoms with Crippen LogP contribution in [0, 0.1) is 0 Å². The van der Waals surface area contributed by atoms with Gasteiger partial charge in [-0.3, -0.25) is 4.79 Å². The van der Waals surface area contributed by atoms with E-state index < -0.39 is 0 Å². The zero-order valence-corrected chi connectivity index (χ0v) is 17.9. The van der Waals surface area contributed by atoms with Crippen LogP contribution in [0.15, 0.2) is 42.7 Å². The summed E-state index contributed by atoms with van der Waals surface area (Å²) in [6.45, 7) is 2.56. The van der Waals surface area contributed by atoms with Gasteiger partial charge in [0.2, 0.25) is 0 Å². The summed E-state index contributed by atoms with van der Waals surface area (Å²) in [6, 6.07) is 10.5. The highest BCUT2D eigenvalue weighted by atomic mass is 16.2. The summed E-state index contributed by atoms with van der Waals surface area (Å²) >= 11 is 0. The number of carbonyl (C=O) groups excluding carboxylic acids is 1. The van der Waals surface area contributed by atoms with Crippen LogP contribution >= 0.6 is 0 Å². The van der Waals surface area contributed by atoms with Gasteiger partial charge in [0.25, 0.3) is 5.91 Å². The predicted octanol–water partition coefficient (Wildman–Crippen LogP) is 2.91. The standard InChI is InChI=1S/C24H30N6O/c31-24(29-15-5-2-6-16-29)23-20-17-18(25-12-11-22-26-13-14-27-22)9-10-21(20)30(28-23)19-7-3-1-4-8-19/h1,3-4,7-8,13-14,18,25H,2,5-6,9-12,15-17H2,(H,26,27). The number of benzene rings is 1. The Morgan fingerprint density at radius 3 is 2.77 bits per heavy atom. The van der Waals surface area contributed by atoms with Crippen molar-refractivity contribution in [3.63, 3.8) is 0 Å². The van der Waals surface area contributed by atoms with Gasteiger partial charge in [-0.1, -0.05) is 18.2 Å². The maximum absolute atomic E-state index is 13.4. The molecule has 2 aliphatic rings. The molecule has 31 heavy (non-hydrogen) atoms. The second-order valence-corrected chi connectivity index (χ2v) is 8.55. The third-order valence-electron chi connectivity index (χ3n) is 6.47. The number of nitrogens with zero attached hydrogens (tertiary/aromatic N) is 4. The molecule has 2 N–H and O–H groups in total. The summed E-state index contributed by atoms with van der Waals surface area (Å²) in [6.07, 6.45) is 10.7. The van der Waals surface area contributed by atoms with Crippen molar-refractivity contribution >= 4 is 5.91 Å². The summed E-state index contributed by atoms with van der Waals surface area (Å²) in [5, 5.41) is 8.55. The van der Waals surface area contributed by atoms with Crippen LogP contribution in [0.5, 0.6) is 0 Å². The smallest absolute Gasteiger partial charge is 0.274 e. The van der Waals surface area contributed by atoms with Crippen LogP contribution in [-0.4, -0.2) is 56.2 Å². The van der Waals surface area contributed by atoms with Crippen LogP contribution in [-0.2, 0) is 19.3 Å². The largest absolute Gasteiger partial charge is 0.349 e. The molecule has 1 atom stereocenters. The van der Waals surface area contributed by atoms with E-state index in [1.807, 2.05) is 34.0 Å². The van der Waals surface area contributed by atoms with Gasteiger partial charge in [0.05, 0.1) is 5.69 Å². The molecule has 0 bridgehead atoms. The molecule has 0 spiro atoms. The number of piperidine rings is 1. The second-order valence-electron chi connectivity index (χ2n) is 8.55. The van der Waals surface area contributed by atoms with Crippen LogP contribution in [0.2, 0.25) is 0 Å². The number of H-pyrrole nitrogens is 1. The number of nitrogens with one attached hydrogen (secondary N) is 2. The lowest BCUT2D eigenvalue weighted by molar-refractivity contribution is 0.0716. The van der Waals surface area contributed by atoms with Gasteiger partial charge in [-0.25, -0.2) is 9.67 Å². The van der Waals surface area contributed by atoms with E-state index in [1.54, 1.807) is 6.20 Å². The van der Waals surface area contributed by atoms with Crippen molar-refractivity contribution in [1.82, 2.24) is 30.0 Å². The van der Waals surface area contributed by atoms with Gasteiger partial charge in [-0.2, -0.15) is 5.10 Å². The normalized spacial score (nSPS) is 18.7. The Bertz CT molecular complexity index is 1000. The van der Waals surface area contributed by atoms with Crippen LogP contribution in [0.1, 0.15) is 53.3 Å². The van der Waals surface area contributed by atoms with E-state index in [2.05, 4.69) is 27.4 Å². The number of carbonyl (C=O) groups is 1. The van der Waals surface area contributed by atoms with Gasteiger partial charge in [0.1, 0.15) is 5.82 Å². The fourth-order valence-electron chi connectivity index (χ4n) is 4.82. The molecular formula is C24H30N6O. The molecule has 1 aliphatic carbocycles. The Morgan fingerprint density at radius 1 is 1.16 bits per heavy atom. The Hall–Kier alpha value is -2.93. The van der Waals surface area contributed by atoms with Crippen LogP contribution in [0.4, 0.5) is 0 Å². The summed E-state index contributed by atoms with van der Waals surface area (Å²) in [5.74, 6) is 1.10. The third kappa shape index (κ3) is 4.28. The summed E-state index contributed by atoms with van der Waals surface area (Å²) in [4.78, 5) is 22.9. The molecule has 5 rings (SSSR count). The van der Waals surface area contributed by atoms with Crippen molar-refractivity contribution in [2.24, 2.45) is 0 Å². The zero-order chi connectivity index (χ0) is 21.0. The number of hydrogen-bond acceptors (Lipinski definition) is 4. The van der Waals surface area contributed by atoms with Crippen LogP contribution in [0.3, 0.4) is 0 Å². The molecule has 1 unspecified atom stereocenters. The van der Waals surface area contributed by atoms with Crippen molar-refractivity contribution in [2.45, 2.75) is 51.0 Å². The molecule has 3 heterocycles. The number of aromatic nitrogens is 4. The van der Waals surface area contributed by atoms with E-state index in [9.17, 15) is 4.79 Å². The van der Waals surface area contributed by atoms with Gasteiger partial charge >= 0.3 is 0 Å². The van der Waals surface area contributed by atoms with Crippen molar-refractivity contribution < 1.29 is 4.79 Å². The molecule has 0 radical (unpaired) electrons. The number of fused-ring (bicyclic) bond motifs is 1. The van der Waals surface area contributed by atoms with E-state index >= 15 is 0 Å². The van der Waals surface area contributed by atoms with Gasteiger partial charge in [0.15, 0.2) is 5.69 Å². The minimum absolute atomic E-state index is 0.0990. The maximum atomic E-state index is 13.4. The number of hydrogen-bond donors (Lipinski definition) is 2. The summed E-state index contributed by atoms with van der Waals surface area (Å²) < 4.78 is 2.01. The van der Waals surface area contributed by atoms with Crippen LogP contribution < -0.4 is 5.32 Å². The second kappa shape index (κ2) is 9.06. The van der Waals surface area contributed by atoms with Gasteiger partial charge < -0.3 is 15.2 Å². The first-order valence-electron chi connectivity index (χ1n) is 11.5. The zero-order valence-electron chi connectivity index (χ0n) is 17.9. The molecule has 1 aliphatic heterocycles. The quantitative estimate of drug-likeness (QED) is 0.645. The average Bonchev–Trinajstić information content (AvgIpc) is 3.48. The summed E-state index contributed by atoms with van der Waals surface area (Å²) in [5.41, 5.74) is 4.00. The average molecular weight is 419 g/mol.